The molecule has 7 nitrogen and oxygen atoms in total. The summed E-state index contributed by atoms with van der Waals surface area (Å²) in [7, 11) is 0. The lowest BCUT2D eigenvalue weighted by atomic mass is 10.0. The Bertz CT molecular complexity index is 1180. The molecule has 0 unspecified atom stereocenters. The van der Waals surface area contributed by atoms with Gasteiger partial charge in [-0.2, -0.15) is 0 Å². The van der Waals surface area contributed by atoms with Gasteiger partial charge in [-0.3, -0.25) is 4.79 Å². The summed E-state index contributed by atoms with van der Waals surface area (Å²) in [6.45, 7) is 0.324. The van der Waals surface area contributed by atoms with Crippen LogP contribution in [0.5, 0.6) is 0 Å². The van der Waals surface area contributed by atoms with Gasteiger partial charge in [0.1, 0.15) is 12.0 Å². The van der Waals surface area contributed by atoms with Crippen LogP contribution in [-0.4, -0.2) is 51.7 Å². The highest BCUT2D eigenvalue weighted by molar-refractivity contribution is 6.30. The van der Waals surface area contributed by atoms with E-state index in [2.05, 4.69) is 15.3 Å². The predicted molar refractivity (Wildman–Crippen MR) is 121 cm³/mol. The molecule has 3 heterocycles. The summed E-state index contributed by atoms with van der Waals surface area (Å²) in [5.74, 6) is -0.288. The topological polar surface area (TPSA) is 89.3 Å². The molecule has 1 aliphatic heterocycles. The van der Waals surface area contributed by atoms with Crippen molar-refractivity contribution in [3.63, 3.8) is 0 Å². The van der Waals surface area contributed by atoms with Crippen LogP contribution in [0, 0.1) is 5.82 Å². The number of rotatable bonds is 7. The average molecular weight is 477 g/mol. The minimum absolute atomic E-state index is 0.0316. The molecule has 4 rings (SSSR count). The van der Waals surface area contributed by atoms with Crippen LogP contribution in [-0.2, 0) is 4.74 Å². The van der Waals surface area contributed by atoms with Gasteiger partial charge < -0.3 is 19.7 Å². The van der Waals surface area contributed by atoms with E-state index in [1.807, 2.05) is 0 Å². The Kier molecular flexibility index (Phi) is 7.32. The number of aromatic nitrogens is 3. The van der Waals surface area contributed by atoms with Crippen LogP contribution in [0.4, 0.5) is 14.7 Å². The molecule has 174 valence electrons. The molecule has 0 radical (unpaired) electrons. The number of halogens is 3. The normalized spacial score (nSPS) is 19.3. The van der Waals surface area contributed by atoms with Crippen LogP contribution in [0.3, 0.4) is 0 Å². The van der Waals surface area contributed by atoms with E-state index >= 15 is 0 Å². The van der Waals surface area contributed by atoms with Gasteiger partial charge in [-0.1, -0.05) is 17.7 Å². The Hall–Kier alpha value is -2.88. The lowest BCUT2D eigenvalue weighted by molar-refractivity contribution is 0.0284. The Morgan fingerprint density at radius 2 is 2.15 bits per heavy atom. The molecule has 10 heteroatoms. The highest BCUT2D eigenvalue weighted by Gasteiger charge is 2.26. The van der Waals surface area contributed by atoms with E-state index in [4.69, 9.17) is 16.3 Å². The number of anilines is 1. The van der Waals surface area contributed by atoms with Crippen molar-refractivity contribution >= 4 is 17.5 Å². The molecule has 1 aromatic carbocycles. The predicted octanol–water partition coefficient (Wildman–Crippen LogP) is 3.61. The van der Waals surface area contributed by atoms with Gasteiger partial charge in [-0.15, -0.1) is 0 Å². The van der Waals surface area contributed by atoms with Crippen molar-refractivity contribution < 1.29 is 18.6 Å². The van der Waals surface area contributed by atoms with Crippen molar-refractivity contribution in [1.82, 2.24) is 14.5 Å². The maximum atomic E-state index is 14.0. The first-order chi connectivity index (χ1) is 16.0. The summed E-state index contributed by atoms with van der Waals surface area (Å²) < 4.78 is 34.2. The van der Waals surface area contributed by atoms with Crippen molar-refractivity contribution in [2.75, 3.05) is 25.1 Å². The van der Waals surface area contributed by atoms with Crippen molar-refractivity contribution in [2.24, 2.45) is 0 Å². The minimum atomic E-state index is -1.15. The fraction of sp³-hybridized carbons (Fsp3) is 0.348. The number of nitrogens with one attached hydrogen (secondary N) is 1. The largest absolute Gasteiger partial charge is 0.396 e. The maximum Gasteiger partial charge on any atom is 0.251 e. The molecule has 2 N–H and O–H groups in total. The Balaban J connectivity index is 1.60. The van der Waals surface area contributed by atoms with E-state index in [0.717, 1.165) is 0 Å². The van der Waals surface area contributed by atoms with E-state index in [-0.39, 0.29) is 36.2 Å². The molecule has 1 fully saturated rings. The molecular formula is C23H23ClF2N4O3. The van der Waals surface area contributed by atoms with Crippen LogP contribution in [0.25, 0.3) is 11.3 Å². The Morgan fingerprint density at radius 3 is 2.88 bits per heavy atom. The van der Waals surface area contributed by atoms with Gasteiger partial charge in [0.15, 0.2) is 0 Å². The van der Waals surface area contributed by atoms with E-state index < -0.39 is 24.1 Å². The van der Waals surface area contributed by atoms with Crippen LogP contribution in [0.2, 0.25) is 5.02 Å². The van der Waals surface area contributed by atoms with E-state index in [0.29, 0.717) is 29.8 Å². The van der Waals surface area contributed by atoms with Gasteiger partial charge in [-0.25, -0.2) is 18.7 Å². The average Bonchev–Trinajstić information content (AvgIpc) is 2.81. The fourth-order valence-corrected chi connectivity index (χ4v) is 4.02. The summed E-state index contributed by atoms with van der Waals surface area (Å²) in [4.78, 5) is 21.5. The number of hydrogen-bond donors (Lipinski definition) is 2. The zero-order valence-corrected chi connectivity index (χ0v) is 18.4. The summed E-state index contributed by atoms with van der Waals surface area (Å²) in [6.07, 6.45) is 2.74. The van der Waals surface area contributed by atoms with Crippen LogP contribution in [0.15, 0.2) is 53.6 Å². The quantitative estimate of drug-likeness (QED) is 0.541. The monoisotopic (exact) mass is 476 g/mol. The van der Waals surface area contributed by atoms with Crippen molar-refractivity contribution in [1.29, 1.82) is 0 Å². The summed E-state index contributed by atoms with van der Waals surface area (Å²) >= 11 is 5.91. The van der Waals surface area contributed by atoms with Crippen LogP contribution >= 0.6 is 11.6 Å². The molecule has 0 aliphatic carbocycles. The SMILES string of the molecule is O=c1cc(-c2ccnc(N[C@@H]3CCOC[C@H]3F)n2)ccn1[C@H](CCO)c1ccc(F)c(Cl)c1. The Labute approximate surface area is 194 Å². The van der Waals surface area contributed by atoms with Crippen molar-refractivity contribution in [3.05, 3.63) is 75.5 Å². The van der Waals surface area contributed by atoms with Gasteiger partial charge in [0, 0.05) is 37.2 Å². The zero-order valence-electron chi connectivity index (χ0n) is 17.6. The summed E-state index contributed by atoms with van der Waals surface area (Å²) in [5.41, 5.74) is 1.34. The molecule has 0 bridgehead atoms. The maximum absolute atomic E-state index is 14.0. The van der Waals surface area contributed by atoms with Gasteiger partial charge in [0.05, 0.1) is 29.4 Å². The Morgan fingerprint density at radius 1 is 1.30 bits per heavy atom. The number of hydrogen-bond acceptors (Lipinski definition) is 6. The first kappa shape index (κ1) is 23.3. The fourth-order valence-electron chi connectivity index (χ4n) is 3.84. The number of ether oxygens (including phenoxy) is 1. The van der Waals surface area contributed by atoms with Crippen molar-refractivity contribution in [3.8, 4) is 11.3 Å². The van der Waals surface area contributed by atoms with E-state index in [1.54, 1.807) is 24.4 Å². The van der Waals surface area contributed by atoms with Crippen molar-refractivity contribution in [2.45, 2.75) is 31.1 Å². The first-order valence-corrected chi connectivity index (χ1v) is 10.9. The van der Waals surface area contributed by atoms with E-state index in [1.165, 1.54) is 29.0 Å². The third kappa shape index (κ3) is 5.38. The standard InChI is InChI=1S/C23H23ClF2N4O3/c24-16-11-15(1-2-17(16)25)21(5-9-31)30-8-4-14(12-22(30)32)19-3-7-27-23(28-19)29-20-6-10-33-13-18(20)26/h1-4,7-8,11-12,18,20-21,31H,5-6,9-10,13H2,(H,27,28,29)/t18-,20-,21-/m1/s1. The number of pyridine rings is 1. The summed E-state index contributed by atoms with van der Waals surface area (Å²) in [5, 5.41) is 12.5. The molecule has 0 spiro atoms. The molecule has 0 amide bonds. The molecule has 1 aliphatic rings. The van der Waals surface area contributed by atoms with Gasteiger partial charge in [0.25, 0.3) is 5.56 Å². The van der Waals surface area contributed by atoms with Gasteiger partial charge in [0.2, 0.25) is 5.95 Å². The highest BCUT2D eigenvalue weighted by Crippen LogP contribution is 2.26. The first-order valence-electron chi connectivity index (χ1n) is 10.6. The molecule has 2 aromatic heterocycles. The third-order valence-electron chi connectivity index (χ3n) is 5.57. The number of aliphatic hydroxyl groups is 1. The number of aliphatic hydroxyl groups excluding tert-OH is 1. The van der Waals surface area contributed by atoms with E-state index in [9.17, 15) is 18.7 Å². The second-order valence-electron chi connectivity index (χ2n) is 7.76. The van der Waals surface area contributed by atoms with Crippen LogP contribution < -0.4 is 10.9 Å². The number of benzene rings is 1. The minimum Gasteiger partial charge on any atom is -0.396 e. The van der Waals surface area contributed by atoms with Gasteiger partial charge >= 0.3 is 0 Å². The zero-order chi connectivity index (χ0) is 23.4. The lowest BCUT2D eigenvalue weighted by Crippen LogP contribution is -2.39. The van der Waals surface area contributed by atoms with Crippen LogP contribution in [0.1, 0.15) is 24.4 Å². The molecule has 1 saturated heterocycles. The molecular weight excluding hydrogens is 454 g/mol. The second-order valence-corrected chi connectivity index (χ2v) is 8.17. The number of nitrogens with zero attached hydrogens (tertiary/aromatic N) is 3. The number of alkyl halides is 1. The molecule has 33 heavy (non-hydrogen) atoms. The summed E-state index contributed by atoms with van der Waals surface area (Å²) in [6, 6.07) is 8.07. The lowest BCUT2D eigenvalue weighted by Gasteiger charge is -2.26. The van der Waals surface area contributed by atoms with Gasteiger partial charge in [-0.05, 0) is 42.7 Å². The molecule has 3 atom stereocenters. The highest BCUT2D eigenvalue weighted by atomic mass is 35.5. The second kappa shape index (κ2) is 10.4. The smallest absolute Gasteiger partial charge is 0.251 e. The third-order valence-corrected chi connectivity index (χ3v) is 5.86. The molecule has 3 aromatic rings. The molecule has 0 saturated carbocycles.